The first-order valence-corrected chi connectivity index (χ1v) is 11.5. The summed E-state index contributed by atoms with van der Waals surface area (Å²) in [4.78, 5) is 26.5. The normalized spacial score (nSPS) is 14.5. The van der Waals surface area contributed by atoms with Crippen molar-refractivity contribution in [3.8, 4) is 11.1 Å². The van der Waals surface area contributed by atoms with Gasteiger partial charge >= 0.3 is 5.97 Å². The van der Waals surface area contributed by atoms with E-state index in [1.807, 2.05) is 0 Å². The summed E-state index contributed by atoms with van der Waals surface area (Å²) in [6.07, 6.45) is 4.69. The van der Waals surface area contributed by atoms with E-state index < -0.39 is 23.2 Å². The van der Waals surface area contributed by atoms with Crippen molar-refractivity contribution in [2.24, 2.45) is 0 Å². The highest BCUT2D eigenvalue weighted by Gasteiger charge is 2.27. The molecule has 0 radical (unpaired) electrons. The maximum atomic E-state index is 14.7. The third kappa shape index (κ3) is 4.43. The van der Waals surface area contributed by atoms with E-state index in [2.05, 4.69) is 31.9 Å². The van der Waals surface area contributed by atoms with Crippen molar-refractivity contribution < 1.29 is 23.2 Å². The maximum Gasteiger partial charge on any atom is 0.338 e. The molecule has 2 aromatic carbocycles. The van der Waals surface area contributed by atoms with E-state index in [1.165, 1.54) is 30.6 Å². The van der Waals surface area contributed by atoms with Crippen molar-refractivity contribution in [1.82, 2.24) is 20.1 Å². The van der Waals surface area contributed by atoms with Crippen LogP contribution in [0.1, 0.15) is 54.2 Å². The molecule has 3 heterocycles. The summed E-state index contributed by atoms with van der Waals surface area (Å²) in [7, 11) is 0. The molecule has 35 heavy (non-hydrogen) atoms. The second kappa shape index (κ2) is 9.36. The molecule has 0 atom stereocenters. The van der Waals surface area contributed by atoms with Crippen molar-refractivity contribution in [3.63, 3.8) is 0 Å². The summed E-state index contributed by atoms with van der Waals surface area (Å²) in [6, 6.07) is 6.35. The summed E-state index contributed by atoms with van der Waals surface area (Å²) < 4.78 is 34.4. The van der Waals surface area contributed by atoms with Crippen LogP contribution in [0.4, 0.5) is 14.6 Å². The first-order chi connectivity index (χ1) is 16.9. The van der Waals surface area contributed by atoms with Crippen LogP contribution in [0.2, 0.25) is 0 Å². The molecule has 1 aliphatic heterocycles. The number of aromatic carboxylic acids is 1. The smallest absolute Gasteiger partial charge is 0.338 e. The van der Waals surface area contributed by atoms with Gasteiger partial charge in [0.05, 0.1) is 11.1 Å². The Kier molecular flexibility index (Phi) is 6.10. The zero-order chi connectivity index (χ0) is 24.5. The van der Waals surface area contributed by atoms with Crippen LogP contribution in [0.3, 0.4) is 0 Å². The van der Waals surface area contributed by atoms with E-state index in [0.29, 0.717) is 46.8 Å². The zero-order valence-corrected chi connectivity index (χ0v) is 19.0. The van der Waals surface area contributed by atoms with Crippen molar-refractivity contribution >= 4 is 22.7 Å². The molecule has 0 saturated carbocycles. The molecule has 8 nitrogen and oxygen atoms in total. The van der Waals surface area contributed by atoms with Crippen molar-refractivity contribution in [1.29, 1.82) is 0 Å². The molecule has 4 aromatic rings. The highest BCUT2D eigenvalue weighted by atomic mass is 19.1. The average Bonchev–Trinajstić information content (AvgIpc) is 3.32. The second-order valence-electron chi connectivity index (χ2n) is 8.60. The standard InChI is InChI=1S/C25H23F2N5O3/c1-2-3-21-30-23(31-35-21)14-6-8-32(9-7-14)24-19-12-16(26)11-18(22(19)28-13-29-24)15-4-5-17(25(33)34)20(27)10-15/h4-5,10-14H,2-3,6-9H2,1H3,(H,33,34). The van der Waals surface area contributed by atoms with Crippen LogP contribution in [0.5, 0.6) is 0 Å². The number of piperidine rings is 1. The number of carboxylic acid groups (broad SMARTS) is 1. The minimum Gasteiger partial charge on any atom is -0.478 e. The van der Waals surface area contributed by atoms with E-state index in [1.54, 1.807) is 0 Å². The molecule has 0 aliphatic carbocycles. The van der Waals surface area contributed by atoms with Crippen molar-refractivity contribution in [2.45, 2.75) is 38.5 Å². The molecule has 1 N–H and O–H groups in total. The predicted octanol–water partition coefficient (Wildman–Crippen LogP) is 4.99. The molecule has 0 unspecified atom stereocenters. The Morgan fingerprint density at radius 2 is 1.97 bits per heavy atom. The number of hydrogen-bond donors (Lipinski definition) is 1. The summed E-state index contributed by atoms with van der Waals surface area (Å²) in [5.74, 6) is -0.631. The van der Waals surface area contributed by atoms with Gasteiger partial charge in [0.25, 0.3) is 0 Å². The topological polar surface area (TPSA) is 105 Å². The van der Waals surface area contributed by atoms with Crippen LogP contribution in [-0.2, 0) is 6.42 Å². The highest BCUT2D eigenvalue weighted by molar-refractivity contribution is 6.00. The monoisotopic (exact) mass is 479 g/mol. The van der Waals surface area contributed by atoms with E-state index in [9.17, 15) is 13.6 Å². The Balaban J connectivity index is 1.45. The largest absolute Gasteiger partial charge is 0.478 e. The van der Waals surface area contributed by atoms with Crippen LogP contribution < -0.4 is 4.90 Å². The number of halogens is 2. The second-order valence-corrected chi connectivity index (χ2v) is 8.60. The molecule has 1 fully saturated rings. The lowest BCUT2D eigenvalue weighted by molar-refractivity contribution is 0.0692. The van der Waals surface area contributed by atoms with Gasteiger partial charge in [0, 0.05) is 36.4 Å². The maximum absolute atomic E-state index is 14.7. The highest BCUT2D eigenvalue weighted by Crippen LogP contribution is 2.35. The fourth-order valence-electron chi connectivity index (χ4n) is 4.55. The fourth-order valence-corrected chi connectivity index (χ4v) is 4.55. The zero-order valence-electron chi connectivity index (χ0n) is 19.0. The molecule has 180 valence electrons. The van der Waals surface area contributed by atoms with Crippen molar-refractivity contribution in [3.05, 3.63) is 65.6 Å². The lowest BCUT2D eigenvalue weighted by atomic mass is 9.95. The van der Waals surface area contributed by atoms with Gasteiger partial charge in [-0.05, 0) is 49.1 Å². The number of carboxylic acids is 1. The molecule has 2 aromatic heterocycles. The van der Waals surface area contributed by atoms with Gasteiger partial charge in [-0.25, -0.2) is 23.5 Å². The Bertz CT molecular complexity index is 1400. The molecule has 0 bridgehead atoms. The van der Waals surface area contributed by atoms with E-state index in [0.717, 1.165) is 37.6 Å². The van der Waals surface area contributed by atoms with Crippen LogP contribution in [0.25, 0.3) is 22.0 Å². The number of rotatable bonds is 6. The first kappa shape index (κ1) is 22.8. The number of fused-ring (bicyclic) bond motifs is 1. The van der Waals surface area contributed by atoms with Gasteiger partial charge in [-0.1, -0.05) is 18.1 Å². The van der Waals surface area contributed by atoms with Gasteiger partial charge in [-0.15, -0.1) is 0 Å². The van der Waals surface area contributed by atoms with E-state index in [4.69, 9.17) is 9.63 Å². The van der Waals surface area contributed by atoms with E-state index >= 15 is 0 Å². The third-order valence-corrected chi connectivity index (χ3v) is 6.30. The molecule has 0 spiro atoms. The lowest BCUT2D eigenvalue weighted by Crippen LogP contribution is -2.34. The van der Waals surface area contributed by atoms with Crippen LogP contribution in [-0.4, -0.2) is 44.3 Å². The Morgan fingerprint density at radius 3 is 2.69 bits per heavy atom. The van der Waals surface area contributed by atoms with Gasteiger partial charge in [-0.3, -0.25) is 0 Å². The van der Waals surface area contributed by atoms with E-state index in [-0.39, 0.29) is 5.92 Å². The van der Waals surface area contributed by atoms with Gasteiger partial charge < -0.3 is 14.5 Å². The Morgan fingerprint density at radius 1 is 1.17 bits per heavy atom. The number of benzene rings is 2. The van der Waals surface area contributed by atoms with Gasteiger partial charge in [0.1, 0.15) is 23.8 Å². The van der Waals surface area contributed by atoms with Crippen LogP contribution in [0.15, 0.2) is 41.2 Å². The van der Waals surface area contributed by atoms with Crippen LogP contribution >= 0.6 is 0 Å². The summed E-state index contributed by atoms with van der Waals surface area (Å²) >= 11 is 0. The first-order valence-electron chi connectivity index (χ1n) is 11.5. The third-order valence-electron chi connectivity index (χ3n) is 6.30. The van der Waals surface area contributed by atoms with Gasteiger partial charge in [-0.2, -0.15) is 4.98 Å². The molecule has 1 saturated heterocycles. The number of aryl methyl sites for hydroxylation is 1. The molecule has 5 rings (SSSR count). The number of aromatic nitrogens is 4. The summed E-state index contributed by atoms with van der Waals surface area (Å²) in [5, 5.41) is 13.7. The summed E-state index contributed by atoms with van der Waals surface area (Å²) in [6.45, 7) is 3.40. The molecule has 10 heteroatoms. The van der Waals surface area contributed by atoms with Crippen LogP contribution in [0, 0.1) is 11.6 Å². The fraction of sp³-hybridized carbons (Fsp3) is 0.320. The molecular weight excluding hydrogens is 456 g/mol. The quantitative estimate of drug-likeness (QED) is 0.412. The SMILES string of the molecule is CCCc1nc(C2CCN(c3ncnc4c(-c5ccc(C(=O)O)c(F)c5)cc(F)cc34)CC2)no1. The van der Waals surface area contributed by atoms with Gasteiger partial charge in [0.15, 0.2) is 5.82 Å². The Hall–Kier alpha value is -3.95. The number of carbonyl (C=O) groups is 1. The summed E-state index contributed by atoms with van der Waals surface area (Å²) in [5.41, 5.74) is 0.712. The Labute approximate surface area is 199 Å². The number of anilines is 1. The predicted molar refractivity (Wildman–Crippen MR) is 124 cm³/mol. The lowest BCUT2D eigenvalue weighted by Gasteiger charge is -2.32. The number of hydrogen-bond acceptors (Lipinski definition) is 7. The molecular formula is C25H23F2N5O3. The molecule has 1 aliphatic rings. The minimum absolute atomic E-state index is 0.178. The minimum atomic E-state index is -1.37. The van der Waals surface area contributed by atoms with Gasteiger partial charge in [0.2, 0.25) is 5.89 Å². The van der Waals surface area contributed by atoms with Crippen molar-refractivity contribution in [2.75, 3.05) is 18.0 Å². The molecule has 0 amide bonds. The average molecular weight is 479 g/mol. The number of nitrogens with zero attached hydrogens (tertiary/aromatic N) is 5.